The molecule has 0 heterocycles. The van der Waals surface area contributed by atoms with Crippen molar-refractivity contribution in [1.29, 1.82) is 0 Å². The summed E-state index contributed by atoms with van der Waals surface area (Å²) < 4.78 is 27.7. The Hall–Kier alpha value is -0.870. The maximum Gasteiger partial charge on any atom is 0.296 e. The first-order chi connectivity index (χ1) is 10.9. The Morgan fingerprint density at radius 1 is 0.957 bits per heavy atom. The van der Waals surface area contributed by atoms with E-state index in [0.29, 0.717) is 5.92 Å². The molecule has 0 saturated heterocycles. The molecule has 0 N–H and O–H groups in total. The van der Waals surface area contributed by atoms with Gasteiger partial charge >= 0.3 is 0 Å². The first-order valence-corrected chi connectivity index (χ1v) is 10.2. The van der Waals surface area contributed by atoms with Gasteiger partial charge in [-0.15, -0.1) is 0 Å². The van der Waals surface area contributed by atoms with Gasteiger partial charge in [-0.2, -0.15) is 8.42 Å². The molecule has 0 spiro atoms. The molecule has 0 bridgehead atoms. The van der Waals surface area contributed by atoms with E-state index < -0.39 is 10.1 Å². The van der Waals surface area contributed by atoms with Crippen LogP contribution in [0.2, 0.25) is 0 Å². The molecule has 2 atom stereocenters. The van der Waals surface area contributed by atoms with Crippen molar-refractivity contribution < 1.29 is 12.6 Å². The summed E-state index contributed by atoms with van der Waals surface area (Å²) in [5.41, 5.74) is 1.19. The van der Waals surface area contributed by atoms with Gasteiger partial charge < -0.3 is 0 Å². The second-order valence-electron chi connectivity index (χ2n) is 6.62. The lowest BCUT2D eigenvalue weighted by atomic mass is 9.92. The zero-order chi connectivity index (χ0) is 17.3. The summed E-state index contributed by atoms with van der Waals surface area (Å²) in [6, 6.07) is 7.08. The number of hydrogen-bond donors (Lipinski definition) is 0. The molecular weight excluding hydrogens is 308 g/mol. The SMILES string of the molecule is CCCCC(C)CCCCC(C)c1ccc(S(=O)(=O)OC)cc1. The van der Waals surface area contributed by atoms with Crippen LogP contribution in [-0.2, 0) is 14.3 Å². The van der Waals surface area contributed by atoms with Crippen molar-refractivity contribution in [2.24, 2.45) is 5.92 Å². The van der Waals surface area contributed by atoms with E-state index in [1.165, 1.54) is 51.2 Å². The summed E-state index contributed by atoms with van der Waals surface area (Å²) in [5.74, 6) is 1.30. The fourth-order valence-electron chi connectivity index (χ4n) is 2.87. The molecule has 4 heteroatoms. The first kappa shape index (κ1) is 20.2. The van der Waals surface area contributed by atoms with Crippen LogP contribution in [0, 0.1) is 5.92 Å². The van der Waals surface area contributed by atoms with Crippen LogP contribution in [0.25, 0.3) is 0 Å². The molecule has 0 aliphatic rings. The van der Waals surface area contributed by atoms with Gasteiger partial charge in [-0.3, -0.25) is 4.18 Å². The highest BCUT2D eigenvalue weighted by atomic mass is 32.2. The molecule has 0 fully saturated rings. The van der Waals surface area contributed by atoms with Crippen LogP contribution < -0.4 is 0 Å². The first-order valence-electron chi connectivity index (χ1n) is 8.81. The van der Waals surface area contributed by atoms with Gasteiger partial charge in [-0.1, -0.05) is 71.4 Å². The van der Waals surface area contributed by atoms with Crippen molar-refractivity contribution in [3.8, 4) is 0 Å². The average molecular weight is 341 g/mol. The van der Waals surface area contributed by atoms with Crippen LogP contribution in [0.1, 0.15) is 77.2 Å². The van der Waals surface area contributed by atoms with E-state index in [-0.39, 0.29) is 4.90 Å². The van der Waals surface area contributed by atoms with E-state index in [2.05, 4.69) is 25.0 Å². The Morgan fingerprint density at radius 2 is 1.52 bits per heavy atom. The van der Waals surface area contributed by atoms with Gasteiger partial charge in [-0.05, 0) is 36.0 Å². The highest BCUT2D eigenvalue weighted by Crippen LogP contribution is 2.25. The summed E-state index contributed by atoms with van der Waals surface area (Å²) in [5, 5.41) is 0. The third-order valence-electron chi connectivity index (χ3n) is 4.59. The van der Waals surface area contributed by atoms with Gasteiger partial charge in [0.15, 0.2) is 0 Å². The van der Waals surface area contributed by atoms with Crippen LogP contribution in [0.5, 0.6) is 0 Å². The minimum Gasteiger partial charge on any atom is -0.270 e. The van der Waals surface area contributed by atoms with Crippen molar-refractivity contribution in [3.63, 3.8) is 0 Å². The lowest BCUT2D eigenvalue weighted by Crippen LogP contribution is -2.03. The lowest BCUT2D eigenvalue weighted by Gasteiger charge is -2.14. The fourth-order valence-corrected chi connectivity index (χ4v) is 3.53. The third kappa shape index (κ3) is 7.05. The molecule has 1 rings (SSSR count). The van der Waals surface area contributed by atoms with E-state index in [1.54, 1.807) is 12.1 Å². The van der Waals surface area contributed by atoms with E-state index in [0.717, 1.165) is 12.3 Å². The van der Waals surface area contributed by atoms with Gasteiger partial charge in [0.1, 0.15) is 0 Å². The van der Waals surface area contributed by atoms with E-state index in [9.17, 15) is 8.42 Å². The Balaban J connectivity index is 2.39. The lowest BCUT2D eigenvalue weighted by molar-refractivity contribution is 0.397. The molecule has 2 unspecified atom stereocenters. The summed E-state index contributed by atoms with van der Waals surface area (Å²) in [4.78, 5) is 0.223. The molecule has 3 nitrogen and oxygen atoms in total. The molecule has 0 aromatic heterocycles. The van der Waals surface area contributed by atoms with Crippen molar-refractivity contribution in [2.75, 3.05) is 7.11 Å². The van der Waals surface area contributed by atoms with Crippen LogP contribution in [0.15, 0.2) is 29.2 Å². The molecule has 23 heavy (non-hydrogen) atoms. The molecule has 0 amide bonds. The van der Waals surface area contributed by atoms with Gasteiger partial charge in [0.25, 0.3) is 10.1 Å². The molecule has 0 aliphatic heterocycles. The normalized spacial score (nSPS) is 14.6. The monoisotopic (exact) mass is 340 g/mol. The second kappa shape index (κ2) is 10.1. The summed E-state index contributed by atoms with van der Waals surface area (Å²) >= 11 is 0. The largest absolute Gasteiger partial charge is 0.296 e. The van der Waals surface area contributed by atoms with Gasteiger partial charge in [0, 0.05) is 0 Å². The molecular formula is C19H32O3S. The van der Waals surface area contributed by atoms with Gasteiger partial charge in [0.05, 0.1) is 12.0 Å². The highest BCUT2D eigenvalue weighted by Gasteiger charge is 2.13. The van der Waals surface area contributed by atoms with Crippen LogP contribution >= 0.6 is 0 Å². The van der Waals surface area contributed by atoms with Gasteiger partial charge in [-0.25, -0.2) is 0 Å². The highest BCUT2D eigenvalue weighted by molar-refractivity contribution is 7.86. The third-order valence-corrected chi connectivity index (χ3v) is 5.88. The number of unbranched alkanes of at least 4 members (excludes halogenated alkanes) is 2. The predicted molar refractivity (Wildman–Crippen MR) is 96.2 cm³/mol. The quantitative estimate of drug-likeness (QED) is 0.394. The molecule has 132 valence electrons. The minimum atomic E-state index is -3.58. The summed E-state index contributed by atoms with van der Waals surface area (Å²) in [6.45, 7) is 6.81. The second-order valence-corrected chi connectivity index (χ2v) is 8.34. The average Bonchev–Trinajstić information content (AvgIpc) is 2.56. The van der Waals surface area contributed by atoms with Gasteiger partial charge in [0.2, 0.25) is 0 Å². The Labute approximate surface area is 142 Å². The molecule has 0 saturated carbocycles. The maximum absolute atomic E-state index is 11.6. The van der Waals surface area contributed by atoms with Crippen molar-refractivity contribution in [1.82, 2.24) is 0 Å². The van der Waals surface area contributed by atoms with Crippen LogP contribution in [-0.4, -0.2) is 15.5 Å². The van der Waals surface area contributed by atoms with Crippen LogP contribution in [0.3, 0.4) is 0 Å². The molecule has 0 aliphatic carbocycles. The molecule has 0 radical (unpaired) electrons. The Bertz CT molecular complexity index is 534. The number of hydrogen-bond acceptors (Lipinski definition) is 3. The zero-order valence-electron chi connectivity index (χ0n) is 15.0. The maximum atomic E-state index is 11.6. The zero-order valence-corrected chi connectivity index (χ0v) is 15.9. The Kier molecular flexibility index (Phi) is 8.85. The van der Waals surface area contributed by atoms with E-state index >= 15 is 0 Å². The predicted octanol–water partition coefficient (Wildman–Crippen LogP) is 5.51. The van der Waals surface area contributed by atoms with Crippen molar-refractivity contribution in [2.45, 2.75) is 76.5 Å². The topological polar surface area (TPSA) is 43.4 Å². The smallest absolute Gasteiger partial charge is 0.270 e. The van der Waals surface area contributed by atoms with Crippen molar-refractivity contribution >= 4 is 10.1 Å². The number of rotatable bonds is 11. The van der Waals surface area contributed by atoms with Crippen molar-refractivity contribution in [3.05, 3.63) is 29.8 Å². The standard InChI is InChI=1S/C19H32O3S/c1-5-6-9-16(2)10-7-8-11-17(3)18-12-14-19(15-13-18)23(20,21)22-4/h12-17H,5-11H2,1-4H3. The molecule has 1 aromatic rings. The minimum absolute atomic E-state index is 0.223. The fraction of sp³-hybridized carbons (Fsp3) is 0.684. The number of benzene rings is 1. The van der Waals surface area contributed by atoms with E-state index in [4.69, 9.17) is 0 Å². The summed E-state index contributed by atoms with van der Waals surface area (Å²) in [6.07, 6.45) is 8.96. The van der Waals surface area contributed by atoms with E-state index in [1.807, 2.05) is 12.1 Å². The van der Waals surface area contributed by atoms with Crippen LogP contribution in [0.4, 0.5) is 0 Å². The Morgan fingerprint density at radius 3 is 2.09 bits per heavy atom. The summed E-state index contributed by atoms with van der Waals surface area (Å²) in [7, 11) is -2.39. The molecule has 1 aromatic carbocycles.